The third kappa shape index (κ3) is 5.29. The maximum Gasteiger partial charge on any atom is 0.323 e. The van der Waals surface area contributed by atoms with Crippen molar-refractivity contribution in [3.05, 3.63) is 107 Å². The molecule has 8 heteroatoms. The highest BCUT2D eigenvalue weighted by molar-refractivity contribution is 6.02. The Hall–Kier alpha value is -4.46. The van der Waals surface area contributed by atoms with Gasteiger partial charge in [0.15, 0.2) is 0 Å². The lowest BCUT2D eigenvalue weighted by Gasteiger charge is -2.12. The van der Waals surface area contributed by atoms with Gasteiger partial charge in [-0.15, -0.1) is 0 Å². The lowest BCUT2D eigenvalue weighted by atomic mass is 10.1. The van der Waals surface area contributed by atoms with E-state index in [4.69, 9.17) is 0 Å². The number of imidazole rings is 1. The number of carbonyl (C=O) groups is 2. The fraction of sp³-hybridized carbons (Fsp3) is 0.115. The zero-order valence-corrected chi connectivity index (χ0v) is 18.8. The van der Waals surface area contributed by atoms with Gasteiger partial charge < -0.3 is 20.5 Å². The van der Waals surface area contributed by atoms with E-state index in [0.717, 1.165) is 5.56 Å². The third-order valence-corrected chi connectivity index (χ3v) is 5.33. The van der Waals surface area contributed by atoms with Crippen molar-refractivity contribution in [2.75, 3.05) is 10.6 Å². The van der Waals surface area contributed by atoms with Gasteiger partial charge in [-0.1, -0.05) is 30.3 Å². The van der Waals surface area contributed by atoms with Crippen molar-refractivity contribution in [3.8, 4) is 5.69 Å². The lowest BCUT2D eigenvalue weighted by molar-refractivity contribution is 0.0951. The minimum Gasteiger partial charge on any atom is -0.348 e. The predicted molar refractivity (Wildman–Crippen MR) is 130 cm³/mol. The Morgan fingerprint density at radius 2 is 1.76 bits per heavy atom. The SMILES string of the molecule is Cc1ccc(C(=O)NCc2ccc(-n3ccnc3C)c(F)c2)cc1NC(=O)Nc1ccccc1. The van der Waals surface area contributed by atoms with E-state index in [9.17, 15) is 14.0 Å². The van der Waals surface area contributed by atoms with Crippen LogP contribution in [0.25, 0.3) is 5.69 Å². The average molecular weight is 458 g/mol. The van der Waals surface area contributed by atoms with Crippen LogP contribution in [0.1, 0.15) is 27.3 Å². The summed E-state index contributed by atoms with van der Waals surface area (Å²) >= 11 is 0. The van der Waals surface area contributed by atoms with E-state index in [0.29, 0.717) is 34.0 Å². The molecule has 0 aliphatic carbocycles. The van der Waals surface area contributed by atoms with E-state index >= 15 is 0 Å². The highest BCUT2D eigenvalue weighted by atomic mass is 19.1. The van der Waals surface area contributed by atoms with Crippen molar-refractivity contribution in [2.24, 2.45) is 0 Å². The predicted octanol–water partition coefficient (Wildman–Crippen LogP) is 5.20. The van der Waals surface area contributed by atoms with Crippen LogP contribution in [-0.2, 0) is 6.54 Å². The van der Waals surface area contributed by atoms with Crippen LogP contribution >= 0.6 is 0 Å². The van der Waals surface area contributed by atoms with E-state index in [1.54, 1.807) is 66.3 Å². The molecule has 0 radical (unpaired) electrons. The van der Waals surface area contributed by atoms with Gasteiger partial charge in [-0.25, -0.2) is 14.2 Å². The lowest BCUT2D eigenvalue weighted by Crippen LogP contribution is -2.24. The van der Waals surface area contributed by atoms with E-state index in [1.165, 1.54) is 6.07 Å². The zero-order chi connectivity index (χ0) is 24.1. The number of nitrogens with zero attached hydrogens (tertiary/aromatic N) is 2. The monoisotopic (exact) mass is 457 g/mol. The van der Waals surface area contributed by atoms with Crippen molar-refractivity contribution in [1.29, 1.82) is 0 Å². The standard InChI is InChI=1S/C26H24FN5O2/c1-17-8-10-20(15-23(17)31-26(34)30-21-6-4-3-5-7-21)25(33)29-16-19-9-11-24(22(27)14-19)32-13-12-28-18(32)2/h3-15H,16H2,1-2H3,(H,29,33)(H2,30,31,34). The highest BCUT2D eigenvalue weighted by Crippen LogP contribution is 2.19. The molecule has 1 aromatic heterocycles. The first kappa shape index (κ1) is 22.7. The summed E-state index contributed by atoms with van der Waals surface area (Å²) in [5.74, 6) is -0.0539. The van der Waals surface area contributed by atoms with Crippen LogP contribution < -0.4 is 16.0 Å². The van der Waals surface area contributed by atoms with Crippen LogP contribution in [0.2, 0.25) is 0 Å². The second-order valence-electron chi connectivity index (χ2n) is 7.79. The fourth-order valence-electron chi connectivity index (χ4n) is 3.48. The second kappa shape index (κ2) is 9.99. The van der Waals surface area contributed by atoms with Gasteiger partial charge >= 0.3 is 6.03 Å². The molecule has 4 aromatic rings. The molecule has 34 heavy (non-hydrogen) atoms. The Morgan fingerprint density at radius 3 is 2.47 bits per heavy atom. The van der Waals surface area contributed by atoms with Crippen molar-refractivity contribution < 1.29 is 14.0 Å². The van der Waals surface area contributed by atoms with Crippen LogP contribution in [-0.4, -0.2) is 21.5 Å². The van der Waals surface area contributed by atoms with Crippen LogP contribution in [0.4, 0.5) is 20.6 Å². The van der Waals surface area contributed by atoms with Gasteiger partial charge in [-0.05, 0) is 61.4 Å². The smallest absolute Gasteiger partial charge is 0.323 e. The zero-order valence-electron chi connectivity index (χ0n) is 18.8. The molecule has 0 aliphatic heterocycles. The second-order valence-corrected chi connectivity index (χ2v) is 7.79. The molecule has 1 heterocycles. The van der Waals surface area contributed by atoms with Crippen molar-refractivity contribution >= 4 is 23.3 Å². The fourth-order valence-corrected chi connectivity index (χ4v) is 3.48. The molecule has 3 amide bonds. The molecule has 0 spiro atoms. The maximum absolute atomic E-state index is 14.6. The number of urea groups is 1. The third-order valence-electron chi connectivity index (χ3n) is 5.33. The van der Waals surface area contributed by atoms with Crippen LogP contribution in [0.3, 0.4) is 0 Å². The molecule has 3 aromatic carbocycles. The molecule has 0 unspecified atom stereocenters. The summed E-state index contributed by atoms with van der Waals surface area (Å²) in [5, 5.41) is 8.31. The van der Waals surface area contributed by atoms with Gasteiger partial charge in [0.05, 0.1) is 5.69 Å². The van der Waals surface area contributed by atoms with Crippen molar-refractivity contribution in [2.45, 2.75) is 20.4 Å². The number of para-hydroxylation sites is 1. The molecular weight excluding hydrogens is 433 g/mol. The number of halogens is 1. The number of hydrogen-bond donors (Lipinski definition) is 3. The molecule has 4 rings (SSSR count). The number of hydrogen-bond acceptors (Lipinski definition) is 3. The number of rotatable bonds is 6. The molecule has 0 bridgehead atoms. The van der Waals surface area contributed by atoms with E-state index < -0.39 is 11.8 Å². The number of amides is 3. The van der Waals surface area contributed by atoms with E-state index in [2.05, 4.69) is 20.9 Å². The number of anilines is 2. The molecule has 0 saturated heterocycles. The van der Waals surface area contributed by atoms with Crippen molar-refractivity contribution in [1.82, 2.24) is 14.9 Å². The molecule has 0 saturated carbocycles. The van der Waals surface area contributed by atoms with Gasteiger partial charge in [-0.2, -0.15) is 0 Å². The van der Waals surface area contributed by atoms with Gasteiger partial charge in [0.2, 0.25) is 0 Å². The molecule has 0 aliphatic rings. The number of aromatic nitrogens is 2. The van der Waals surface area contributed by atoms with Crippen molar-refractivity contribution in [3.63, 3.8) is 0 Å². The summed E-state index contributed by atoms with van der Waals surface area (Å²) in [6.07, 6.45) is 3.30. The summed E-state index contributed by atoms with van der Waals surface area (Å²) in [4.78, 5) is 29.1. The number of nitrogens with one attached hydrogen (secondary N) is 3. The normalized spacial score (nSPS) is 10.6. The molecule has 3 N–H and O–H groups in total. The Morgan fingerprint density at radius 1 is 0.971 bits per heavy atom. The first-order valence-corrected chi connectivity index (χ1v) is 10.7. The summed E-state index contributed by atoms with van der Waals surface area (Å²) in [6.45, 7) is 3.79. The minimum atomic E-state index is -0.407. The summed E-state index contributed by atoms with van der Waals surface area (Å²) in [6, 6.07) is 18.5. The average Bonchev–Trinajstić information content (AvgIpc) is 3.25. The molecule has 7 nitrogen and oxygen atoms in total. The molecule has 0 fully saturated rings. The van der Waals surface area contributed by atoms with E-state index in [1.807, 2.05) is 25.1 Å². The summed E-state index contributed by atoms with van der Waals surface area (Å²) in [7, 11) is 0. The molecule has 0 atom stereocenters. The quantitative estimate of drug-likeness (QED) is 0.372. The largest absolute Gasteiger partial charge is 0.348 e. The van der Waals surface area contributed by atoms with Crippen LogP contribution in [0.5, 0.6) is 0 Å². The Balaban J connectivity index is 1.40. The van der Waals surface area contributed by atoms with Gasteiger partial charge in [0, 0.05) is 35.9 Å². The Bertz CT molecular complexity index is 1330. The van der Waals surface area contributed by atoms with Crippen LogP contribution in [0.15, 0.2) is 79.1 Å². The van der Waals surface area contributed by atoms with Gasteiger partial charge in [0.25, 0.3) is 5.91 Å². The first-order chi connectivity index (χ1) is 16.4. The summed E-state index contributed by atoms with van der Waals surface area (Å²) < 4.78 is 16.3. The minimum absolute atomic E-state index is 0.157. The van der Waals surface area contributed by atoms with Crippen LogP contribution in [0, 0.1) is 19.7 Å². The molecular formula is C26H24FN5O2. The maximum atomic E-state index is 14.6. The first-order valence-electron chi connectivity index (χ1n) is 10.7. The Labute approximate surface area is 196 Å². The van der Waals surface area contributed by atoms with Gasteiger partial charge in [-0.3, -0.25) is 4.79 Å². The number of carbonyl (C=O) groups excluding carboxylic acids is 2. The molecule has 172 valence electrons. The summed E-state index contributed by atoms with van der Waals surface area (Å²) in [5.41, 5.74) is 3.40. The Kier molecular flexibility index (Phi) is 6.68. The highest BCUT2D eigenvalue weighted by Gasteiger charge is 2.12. The number of benzene rings is 3. The van der Waals surface area contributed by atoms with Gasteiger partial charge in [0.1, 0.15) is 11.6 Å². The number of aryl methyl sites for hydroxylation is 2. The topological polar surface area (TPSA) is 88.1 Å². The van der Waals surface area contributed by atoms with E-state index in [-0.39, 0.29) is 12.5 Å².